The van der Waals surface area contributed by atoms with Gasteiger partial charge in [-0.25, -0.2) is 0 Å². The highest BCUT2D eigenvalue weighted by Gasteiger charge is 2.17. The van der Waals surface area contributed by atoms with Crippen molar-refractivity contribution in [3.8, 4) is 0 Å². The second kappa shape index (κ2) is 6.62. The van der Waals surface area contributed by atoms with E-state index in [0.29, 0.717) is 6.54 Å². The van der Waals surface area contributed by atoms with E-state index in [1.807, 2.05) is 7.05 Å². The summed E-state index contributed by atoms with van der Waals surface area (Å²) >= 11 is 0. The minimum absolute atomic E-state index is 0.0648. The van der Waals surface area contributed by atoms with Crippen LogP contribution in [0.2, 0.25) is 0 Å². The van der Waals surface area contributed by atoms with E-state index in [1.165, 1.54) is 6.92 Å². The zero-order valence-electron chi connectivity index (χ0n) is 8.46. The lowest BCUT2D eigenvalue weighted by Gasteiger charge is -2.23. The summed E-state index contributed by atoms with van der Waals surface area (Å²) in [4.78, 5) is 10.8. The summed E-state index contributed by atoms with van der Waals surface area (Å²) in [6.45, 7) is 5.78. The van der Waals surface area contributed by atoms with Crippen LogP contribution in [0.3, 0.4) is 0 Å². The number of carbonyl (C=O) groups excluding carboxylic acids is 1. The molecule has 0 bridgehead atoms. The number of amides is 1. The third-order valence-corrected chi connectivity index (χ3v) is 1.71. The summed E-state index contributed by atoms with van der Waals surface area (Å²) in [5.41, 5.74) is 0. The minimum Gasteiger partial charge on any atom is -0.375 e. The van der Waals surface area contributed by atoms with Crippen LogP contribution >= 0.6 is 0 Å². The molecular formula is C9H18N2O2. The van der Waals surface area contributed by atoms with Gasteiger partial charge in [0.2, 0.25) is 5.91 Å². The summed E-state index contributed by atoms with van der Waals surface area (Å²) in [6.07, 6.45) is 1.52. The predicted molar refractivity (Wildman–Crippen MR) is 52.5 cm³/mol. The Balaban J connectivity index is 4.19. The van der Waals surface area contributed by atoms with E-state index in [2.05, 4.69) is 17.2 Å². The molecule has 2 N–H and O–H groups in total. The van der Waals surface area contributed by atoms with E-state index >= 15 is 0 Å². The molecule has 0 heterocycles. The number of ether oxygens (including phenoxy) is 1. The van der Waals surface area contributed by atoms with Crippen LogP contribution in [0.4, 0.5) is 0 Å². The van der Waals surface area contributed by atoms with Crippen molar-refractivity contribution in [1.82, 2.24) is 10.6 Å². The van der Waals surface area contributed by atoms with Gasteiger partial charge in [-0.05, 0) is 7.05 Å². The Morgan fingerprint density at radius 3 is 2.62 bits per heavy atom. The molecular weight excluding hydrogens is 168 g/mol. The van der Waals surface area contributed by atoms with Crippen molar-refractivity contribution in [2.24, 2.45) is 0 Å². The van der Waals surface area contributed by atoms with Crippen LogP contribution in [-0.2, 0) is 9.53 Å². The van der Waals surface area contributed by atoms with Crippen molar-refractivity contribution in [3.63, 3.8) is 0 Å². The van der Waals surface area contributed by atoms with E-state index < -0.39 is 0 Å². The van der Waals surface area contributed by atoms with Gasteiger partial charge in [-0.2, -0.15) is 0 Å². The van der Waals surface area contributed by atoms with Gasteiger partial charge in [0.05, 0.1) is 12.1 Å². The molecule has 0 aromatic carbocycles. The molecule has 0 aliphatic rings. The molecule has 0 aromatic rings. The van der Waals surface area contributed by atoms with Crippen molar-refractivity contribution in [3.05, 3.63) is 12.7 Å². The SMILES string of the molecule is C=C[C@@H](OC)[C@H](CNC)NC(C)=O. The largest absolute Gasteiger partial charge is 0.375 e. The average molecular weight is 186 g/mol. The van der Waals surface area contributed by atoms with Gasteiger partial charge in [-0.3, -0.25) is 4.79 Å². The van der Waals surface area contributed by atoms with Gasteiger partial charge in [0.15, 0.2) is 0 Å². The summed E-state index contributed by atoms with van der Waals surface area (Å²) in [6, 6.07) is -0.0648. The Hall–Kier alpha value is -0.870. The molecule has 0 unspecified atom stereocenters. The summed E-state index contributed by atoms with van der Waals surface area (Å²) in [7, 11) is 3.42. The highest BCUT2D eigenvalue weighted by Crippen LogP contribution is 1.98. The molecule has 0 spiro atoms. The quantitative estimate of drug-likeness (QED) is 0.570. The first-order valence-electron chi connectivity index (χ1n) is 4.22. The third-order valence-electron chi connectivity index (χ3n) is 1.71. The van der Waals surface area contributed by atoms with Crippen LogP contribution in [0.25, 0.3) is 0 Å². The standard InChI is InChI=1S/C9H18N2O2/c1-5-9(13-4)8(6-10-3)11-7(2)12/h5,8-10H,1,6H2,2-4H3,(H,11,12)/t8-,9+/m0/s1. The molecule has 0 saturated carbocycles. The maximum atomic E-state index is 10.8. The van der Waals surface area contributed by atoms with Crippen LogP contribution in [0.5, 0.6) is 0 Å². The molecule has 0 aromatic heterocycles. The monoisotopic (exact) mass is 186 g/mol. The fourth-order valence-corrected chi connectivity index (χ4v) is 1.16. The van der Waals surface area contributed by atoms with Crippen LogP contribution < -0.4 is 10.6 Å². The lowest BCUT2D eigenvalue weighted by Crippen LogP contribution is -2.48. The zero-order chi connectivity index (χ0) is 10.3. The topological polar surface area (TPSA) is 50.4 Å². The normalized spacial score (nSPS) is 14.7. The van der Waals surface area contributed by atoms with Crippen molar-refractivity contribution in [1.29, 1.82) is 0 Å². The molecule has 4 heteroatoms. The van der Waals surface area contributed by atoms with Crippen molar-refractivity contribution in [2.75, 3.05) is 20.7 Å². The molecule has 0 fully saturated rings. The minimum atomic E-state index is -0.156. The van der Waals surface area contributed by atoms with E-state index in [-0.39, 0.29) is 18.1 Å². The first-order chi connectivity index (χ1) is 6.15. The molecule has 13 heavy (non-hydrogen) atoms. The predicted octanol–water partition coefficient (Wildman–Crippen LogP) is -0.0885. The number of hydrogen-bond acceptors (Lipinski definition) is 3. The van der Waals surface area contributed by atoms with Gasteiger partial charge in [0, 0.05) is 20.6 Å². The highest BCUT2D eigenvalue weighted by atomic mass is 16.5. The molecule has 76 valence electrons. The molecule has 0 radical (unpaired) electrons. The summed E-state index contributed by atoms with van der Waals surface area (Å²) < 4.78 is 5.14. The van der Waals surface area contributed by atoms with E-state index in [0.717, 1.165) is 0 Å². The van der Waals surface area contributed by atoms with E-state index in [4.69, 9.17) is 4.74 Å². The first kappa shape index (κ1) is 12.1. The molecule has 1 amide bonds. The van der Waals surface area contributed by atoms with E-state index in [1.54, 1.807) is 13.2 Å². The fourth-order valence-electron chi connectivity index (χ4n) is 1.16. The van der Waals surface area contributed by atoms with Crippen LogP contribution in [0, 0.1) is 0 Å². The number of hydrogen-bond donors (Lipinski definition) is 2. The van der Waals surface area contributed by atoms with Gasteiger partial charge in [0.1, 0.15) is 0 Å². The maximum Gasteiger partial charge on any atom is 0.217 e. The number of methoxy groups -OCH3 is 1. The number of carbonyl (C=O) groups is 1. The Labute approximate surface area is 79.3 Å². The van der Waals surface area contributed by atoms with Crippen molar-refractivity contribution < 1.29 is 9.53 Å². The Morgan fingerprint density at radius 1 is 1.69 bits per heavy atom. The molecule has 0 aliphatic carbocycles. The third kappa shape index (κ3) is 4.65. The lowest BCUT2D eigenvalue weighted by atomic mass is 10.1. The van der Waals surface area contributed by atoms with Gasteiger partial charge in [-0.15, -0.1) is 6.58 Å². The van der Waals surface area contributed by atoms with Crippen molar-refractivity contribution in [2.45, 2.75) is 19.1 Å². The molecule has 0 aliphatic heterocycles. The first-order valence-corrected chi connectivity index (χ1v) is 4.22. The van der Waals surface area contributed by atoms with Crippen LogP contribution in [-0.4, -0.2) is 38.8 Å². The number of likely N-dealkylation sites (N-methyl/N-ethyl adjacent to an activating group) is 1. The summed E-state index contributed by atoms with van der Waals surface area (Å²) in [5.74, 6) is -0.0656. The maximum absolute atomic E-state index is 10.8. The van der Waals surface area contributed by atoms with E-state index in [9.17, 15) is 4.79 Å². The Kier molecular flexibility index (Phi) is 6.18. The number of nitrogens with one attached hydrogen (secondary N) is 2. The summed E-state index contributed by atoms with van der Waals surface area (Å²) in [5, 5.41) is 5.76. The molecule has 2 atom stereocenters. The molecule has 0 saturated heterocycles. The van der Waals surface area contributed by atoms with Gasteiger partial charge >= 0.3 is 0 Å². The van der Waals surface area contributed by atoms with Crippen LogP contribution in [0.1, 0.15) is 6.92 Å². The number of rotatable bonds is 6. The Bertz CT molecular complexity index is 171. The molecule has 4 nitrogen and oxygen atoms in total. The highest BCUT2D eigenvalue weighted by molar-refractivity contribution is 5.73. The molecule has 0 rings (SSSR count). The van der Waals surface area contributed by atoms with Gasteiger partial charge < -0.3 is 15.4 Å². The van der Waals surface area contributed by atoms with Gasteiger partial charge in [0.25, 0.3) is 0 Å². The zero-order valence-corrected chi connectivity index (χ0v) is 8.46. The fraction of sp³-hybridized carbons (Fsp3) is 0.667. The second-order valence-corrected chi connectivity index (χ2v) is 2.80. The lowest BCUT2D eigenvalue weighted by molar-refractivity contribution is -0.120. The smallest absolute Gasteiger partial charge is 0.217 e. The van der Waals surface area contributed by atoms with Gasteiger partial charge in [-0.1, -0.05) is 6.08 Å². The average Bonchev–Trinajstić information content (AvgIpc) is 2.05. The van der Waals surface area contributed by atoms with Crippen LogP contribution in [0.15, 0.2) is 12.7 Å². The second-order valence-electron chi connectivity index (χ2n) is 2.80. The Morgan fingerprint density at radius 2 is 2.31 bits per heavy atom. The van der Waals surface area contributed by atoms with Crippen molar-refractivity contribution >= 4 is 5.91 Å².